The standard InChI is InChI=1S/C21H24N6O3/c1-14-11-17(25-26(14)2)20(28)27-12-16(21(13-27)5-9-29-10-6-21)19-24-23-18(30-19)15-3-7-22-8-4-15/h3-4,7-8,11,16H,5-6,9-10,12-13H2,1-2H3. The maximum absolute atomic E-state index is 13.2. The SMILES string of the molecule is Cc1cc(C(=O)N2CC(c3nnc(-c4ccncc4)o3)C3(CCOCC3)C2)nn1C. The number of nitrogens with zero attached hydrogens (tertiary/aromatic N) is 6. The zero-order chi connectivity index (χ0) is 20.7. The van der Waals surface area contributed by atoms with Crippen LogP contribution in [0.2, 0.25) is 0 Å². The molecule has 5 heterocycles. The molecule has 1 atom stereocenters. The molecule has 2 aliphatic rings. The Balaban J connectivity index is 1.45. The van der Waals surface area contributed by atoms with Crippen LogP contribution < -0.4 is 0 Å². The van der Waals surface area contributed by atoms with Gasteiger partial charge >= 0.3 is 0 Å². The zero-order valence-corrected chi connectivity index (χ0v) is 17.1. The van der Waals surface area contributed by atoms with Crippen LogP contribution in [0.4, 0.5) is 0 Å². The number of carbonyl (C=O) groups is 1. The minimum atomic E-state index is -0.125. The number of hydrogen-bond donors (Lipinski definition) is 0. The normalized spacial score (nSPS) is 20.7. The lowest BCUT2D eigenvalue weighted by Crippen LogP contribution is -2.37. The minimum absolute atomic E-state index is 0.0294. The minimum Gasteiger partial charge on any atom is -0.420 e. The van der Waals surface area contributed by atoms with Crippen LogP contribution >= 0.6 is 0 Å². The molecule has 9 nitrogen and oxygen atoms in total. The van der Waals surface area contributed by atoms with Crippen LogP contribution in [-0.4, -0.2) is 62.1 Å². The first-order valence-corrected chi connectivity index (χ1v) is 10.2. The Morgan fingerprint density at radius 2 is 1.97 bits per heavy atom. The Labute approximate surface area is 174 Å². The van der Waals surface area contributed by atoms with Crippen molar-refractivity contribution in [2.75, 3.05) is 26.3 Å². The highest BCUT2D eigenvalue weighted by molar-refractivity contribution is 5.92. The number of hydrogen-bond acceptors (Lipinski definition) is 7. The van der Waals surface area contributed by atoms with Gasteiger partial charge in [0.25, 0.3) is 5.91 Å². The lowest BCUT2D eigenvalue weighted by atomic mass is 9.72. The molecule has 0 aromatic carbocycles. The highest BCUT2D eigenvalue weighted by Crippen LogP contribution is 2.49. The molecule has 0 aliphatic carbocycles. The van der Waals surface area contributed by atoms with Crippen LogP contribution in [0, 0.1) is 12.3 Å². The van der Waals surface area contributed by atoms with E-state index in [1.54, 1.807) is 17.1 Å². The summed E-state index contributed by atoms with van der Waals surface area (Å²) in [5.74, 6) is 0.968. The van der Waals surface area contributed by atoms with Crippen LogP contribution in [0.3, 0.4) is 0 Å². The molecule has 3 aromatic heterocycles. The summed E-state index contributed by atoms with van der Waals surface area (Å²) >= 11 is 0. The first-order valence-electron chi connectivity index (χ1n) is 10.2. The monoisotopic (exact) mass is 408 g/mol. The van der Waals surface area contributed by atoms with E-state index in [4.69, 9.17) is 9.15 Å². The van der Waals surface area contributed by atoms with E-state index in [2.05, 4.69) is 20.3 Å². The summed E-state index contributed by atoms with van der Waals surface area (Å²) in [7, 11) is 1.85. The lowest BCUT2D eigenvalue weighted by molar-refractivity contribution is 0.00905. The van der Waals surface area contributed by atoms with Crippen molar-refractivity contribution in [1.29, 1.82) is 0 Å². The molecule has 156 valence electrons. The van der Waals surface area contributed by atoms with Crippen molar-refractivity contribution in [2.45, 2.75) is 25.7 Å². The molecule has 0 N–H and O–H groups in total. The Bertz CT molecular complexity index is 1030. The summed E-state index contributed by atoms with van der Waals surface area (Å²) in [6.45, 7) is 4.46. The van der Waals surface area contributed by atoms with Gasteiger partial charge in [-0.15, -0.1) is 10.2 Å². The second-order valence-electron chi connectivity index (χ2n) is 8.19. The second-order valence-corrected chi connectivity index (χ2v) is 8.19. The van der Waals surface area contributed by atoms with E-state index in [-0.39, 0.29) is 17.2 Å². The van der Waals surface area contributed by atoms with E-state index in [9.17, 15) is 4.79 Å². The topological polar surface area (TPSA) is 99.2 Å². The third kappa shape index (κ3) is 3.19. The van der Waals surface area contributed by atoms with E-state index in [1.807, 2.05) is 37.1 Å². The van der Waals surface area contributed by atoms with E-state index >= 15 is 0 Å². The third-order valence-corrected chi connectivity index (χ3v) is 6.42. The second kappa shape index (κ2) is 7.32. The van der Waals surface area contributed by atoms with E-state index < -0.39 is 0 Å². The average Bonchev–Trinajstić information content (AvgIpc) is 3.47. The van der Waals surface area contributed by atoms with Crippen molar-refractivity contribution in [1.82, 2.24) is 29.9 Å². The van der Waals surface area contributed by atoms with Crippen LogP contribution in [0.25, 0.3) is 11.5 Å². The van der Waals surface area contributed by atoms with Gasteiger partial charge in [-0.2, -0.15) is 5.10 Å². The quantitative estimate of drug-likeness (QED) is 0.655. The van der Waals surface area contributed by atoms with Crippen LogP contribution in [0.15, 0.2) is 35.0 Å². The van der Waals surface area contributed by atoms with Gasteiger partial charge in [-0.3, -0.25) is 14.5 Å². The molecule has 5 rings (SSSR count). The first kappa shape index (κ1) is 18.9. The lowest BCUT2D eigenvalue weighted by Gasteiger charge is -2.36. The summed E-state index contributed by atoms with van der Waals surface area (Å²) in [4.78, 5) is 19.1. The molecule has 2 saturated heterocycles. The van der Waals surface area contributed by atoms with E-state index in [0.29, 0.717) is 43.8 Å². The van der Waals surface area contributed by atoms with Crippen molar-refractivity contribution in [3.63, 3.8) is 0 Å². The van der Waals surface area contributed by atoms with Crippen molar-refractivity contribution in [2.24, 2.45) is 12.5 Å². The molecule has 2 fully saturated rings. The fraction of sp³-hybridized carbons (Fsp3) is 0.476. The fourth-order valence-electron chi connectivity index (χ4n) is 4.56. The molecule has 0 bridgehead atoms. The number of ether oxygens (including phenoxy) is 1. The molecule has 2 aliphatic heterocycles. The predicted octanol–water partition coefficient (Wildman–Crippen LogP) is 2.21. The number of pyridine rings is 1. The Morgan fingerprint density at radius 1 is 1.20 bits per heavy atom. The highest BCUT2D eigenvalue weighted by Gasteiger charge is 2.51. The third-order valence-electron chi connectivity index (χ3n) is 6.42. The molecular weight excluding hydrogens is 384 g/mol. The zero-order valence-electron chi connectivity index (χ0n) is 17.1. The summed E-state index contributed by atoms with van der Waals surface area (Å²) in [5.41, 5.74) is 2.13. The van der Waals surface area contributed by atoms with Crippen molar-refractivity contribution >= 4 is 5.91 Å². The van der Waals surface area contributed by atoms with Crippen molar-refractivity contribution in [3.05, 3.63) is 47.9 Å². The van der Waals surface area contributed by atoms with Gasteiger partial charge in [0.1, 0.15) is 0 Å². The molecule has 1 unspecified atom stereocenters. The molecule has 1 spiro atoms. The maximum Gasteiger partial charge on any atom is 0.274 e. The number of likely N-dealkylation sites (tertiary alicyclic amines) is 1. The summed E-state index contributed by atoms with van der Waals surface area (Å²) < 4.78 is 13.4. The Morgan fingerprint density at radius 3 is 2.67 bits per heavy atom. The van der Waals surface area contributed by atoms with Gasteiger partial charge in [0.05, 0.1) is 5.92 Å². The van der Waals surface area contributed by atoms with Gasteiger partial charge in [-0.05, 0) is 38.0 Å². The summed E-state index contributed by atoms with van der Waals surface area (Å²) in [5, 5.41) is 13.0. The molecule has 30 heavy (non-hydrogen) atoms. The molecule has 3 aromatic rings. The van der Waals surface area contributed by atoms with Crippen LogP contribution in [-0.2, 0) is 11.8 Å². The number of aromatic nitrogens is 5. The fourth-order valence-corrected chi connectivity index (χ4v) is 4.56. The largest absolute Gasteiger partial charge is 0.420 e. The van der Waals surface area contributed by atoms with Crippen LogP contribution in [0.1, 0.15) is 40.8 Å². The summed E-state index contributed by atoms with van der Waals surface area (Å²) in [6, 6.07) is 5.52. The van der Waals surface area contributed by atoms with Gasteiger partial charge < -0.3 is 14.1 Å². The maximum atomic E-state index is 13.2. The Kier molecular flexibility index (Phi) is 4.62. The molecule has 9 heteroatoms. The predicted molar refractivity (Wildman–Crippen MR) is 107 cm³/mol. The van der Waals surface area contributed by atoms with E-state index in [1.165, 1.54) is 0 Å². The molecule has 1 amide bonds. The molecule has 0 radical (unpaired) electrons. The van der Waals surface area contributed by atoms with E-state index in [0.717, 1.165) is 24.1 Å². The first-order chi connectivity index (χ1) is 14.6. The smallest absolute Gasteiger partial charge is 0.274 e. The number of amides is 1. The van der Waals surface area contributed by atoms with Gasteiger partial charge in [0.15, 0.2) is 5.69 Å². The van der Waals surface area contributed by atoms with Gasteiger partial charge in [0, 0.05) is 62.4 Å². The van der Waals surface area contributed by atoms with Gasteiger partial charge in [-0.25, -0.2) is 0 Å². The number of rotatable bonds is 3. The highest BCUT2D eigenvalue weighted by atomic mass is 16.5. The molecule has 0 saturated carbocycles. The van der Waals surface area contributed by atoms with Crippen molar-refractivity contribution < 1.29 is 13.9 Å². The number of carbonyl (C=O) groups excluding carboxylic acids is 1. The van der Waals surface area contributed by atoms with Crippen LogP contribution in [0.5, 0.6) is 0 Å². The Hall–Kier alpha value is -3.07. The molecular formula is C21H24N6O3. The number of aryl methyl sites for hydroxylation is 2. The van der Waals surface area contributed by atoms with Crippen molar-refractivity contribution in [3.8, 4) is 11.5 Å². The van der Waals surface area contributed by atoms with Gasteiger partial charge in [0.2, 0.25) is 11.8 Å². The average molecular weight is 408 g/mol. The summed E-state index contributed by atoms with van der Waals surface area (Å²) in [6.07, 6.45) is 5.11. The van der Waals surface area contributed by atoms with Gasteiger partial charge in [-0.1, -0.05) is 0 Å².